The van der Waals surface area contributed by atoms with Gasteiger partial charge in [-0.05, 0) is 37.6 Å². The molecular weight excluding hydrogens is 237 g/mol. The number of H-pyrrole nitrogens is 1. The molecule has 0 aliphatic heterocycles. The molecular formula is C11H12FN5O. The number of nitrogens with one attached hydrogen (secondary N) is 2. The number of nitrogens with zero attached hydrogens (tertiary/aromatic N) is 3. The van der Waals surface area contributed by atoms with Crippen molar-refractivity contribution in [1.29, 1.82) is 0 Å². The van der Waals surface area contributed by atoms with Crippen molar-refractivity contribution >= 4 is 5.91 Å². The predicted molar refractivity (Wildman–Crippen MR) is 61.2 cm³/mol. The van der Waals surface area contributed by atoms with Gasteiger partial charge in [-0.25, -0.2) is 4.39 Å². The molecule has 7 heteroatoms. The van der Waals surface area contributed by atoms with Crippen molar-refractivity contribution in [3.63, 3.8) is 0 Å². The lowest BCUT2D eigenvalue weighted by Crippen LogP contribution is -2.27. The number of hydrogen-bond donors (Lipinski definition) is 2. The summed E-state index contributed by atoms with van der Waals surface area (Å²) in [6.45, 7) is 3.34. The lowest BCUT2D eigenvalue weighted by Gasteiger charge is -2.10. The zero-order valence-electron chi connectivity index (χ0n) is 9.94. The van der Waals surface area contributed by atoms with E-state index in [1.165, 1.54) is 18.2 Å². The summed E-state index contributed by atoms with van der Waals surface area (Å²) in [7, 11) is 0. The Labute approximate surface area is 103 Å². The summed E-state index contributed by atoms with van der Waals surface area (Å²) in [6, 6.07) is 3.82. The fraction of sp³-hybridized carbons (Fsp3) is 0.273. The smallest absolute Gasteiger partial charge is 0.251 e. The quantitative estimate of drug-likeness (QED) is 0.854. The van der Waals surface area contributed by atoms with Crippen LogP contribution in [0.4, 0.5) is 4.39 Å². The average molecular weight is 249 g/mol. The third kappa shape index (κ3) is 2.50. The van der Waals surface area contributed by atoms with E-state index in [0.717, 1.165) is 0 Å². The monoisotopic (exact) mass is 249 g/mol. The molecule has 2 rings (SSSR count). The highest BCUT2D eigenvalue weighted by Crippen LogP contribution is 2.11. The van der Waals surface area contributed by atoms with Crippen molar-refractivity contribution < 1.29 is 9.18 Å². The number of aryl methyl sites for hydroxylation is 1. The van der Waals surface area contributed by atoms with Crippen LogP contribution < -0.4 is 5.32 Å². The minimum absolute atomic E-state index is 0.310. The van der Waals surface area contributed by atoms with E-state index in [0.29, 0.717) is 17.0 Å². The largest absolute Gasteiger partial charge is 0.342 e. The van der Waals surface area contributed by atoms with Gasteiger partial charge in [0, 0.05) is 5.56 Å². The summed E-state index contributed by atoms with van der Waals surface area (Å²) < 4.78 is 13.1. The Morgan fingerprint density at radius 2 is 2.28 bits per heavy atom. The van der Waals surface area contributed by atoms with E-state index in [2.05, 4.69) is 25.9 Å². The summed E-state index contributed by atoms with van der Waals surface area (Å²) in [6.07, 6.45) is 0. The Morgan fingerprint density at radius 1 is 1.50 bits per heavy atom. The summed E-state index contributed by atoms with van der Waals surface area (Å²) in [5, 5.41) is 16.0. The maximum atomic E-state index is 13.1. The second kappa shape index (κ2) is 4.91. The van der Waals surface area contributed by atoms with Crippen LogP contribution in [0, 0.1) is 12.7 Å². The lowest BCUT2D eigenvalue weighted by molar-refractivity contribution is 0.0938. The van der Waals surface area contributed by atoms with Gasteiger partial charge in [0.25, 0.3) is 5.91 Å². The van der Waals surface area contributed by atoms with Gasteiger partial charge in [-0.15, -0.1) is 10.2 Å². The Balaban J connectivity index is 2.10. The Kier molecular flexibility index (Phi) is 3.31. The number of benzene rings is 1. The standard InChI is InChI=1S/C11H12FN5O/c1-6-5-8(3-4-9(6)12)11(18)13-7(2)10-14-16-17-15-10/h3-5,7H,1-2H3,(H,13,18)(H,14,15,16,17). The lowest BCUT2D eigenvalue weighted by atomic mass is 10.1. The van der Waals surface area contributed by atoms with Crippen molar-refractivity contribution in [1.82, 2.24) is 25.9 Å². The maximum Gasteiger partial charge on any atom is 0.251 e. The number of hydrogen-bond acceptors (Lipinski definition) is 4. The molecule has 0 saturated carbocycles. The minimum atomic E-state index is -0.374. The van der Waals surface area contributed by atoms with Gasteiger partial charge in [0.15, 0.2) is 5.82 Å². The molecule has 0 aliphatic rings. The van der Waals surface area contributed by atoms with Gasteiger partial charge in [-0.1, -0.05) is 5.21 Å². The molecule has 0 radical (unpaired) electrons. The topological polar surface area (TPSA) is 83.6 Å². The third-order valence-corrected chi connectivity index (χ3v) is 2.52. The molecule has 2 N–H and O–H groups in total. The highest BCUT2D eigenvalue weighted by atomic mass is 19.1. The zero-order chi connectivity index (χ0) is 13.1. The summed E-state index contributed by atoms with van der Waals surface area (Å²) in [4.78, 5) is 11.9. The number of rotatable bonds is 3. The van der Waals surface area contributed by atoms with E-state index >= 15 is 0 Å². The third-order valence-electron chi connectivity index (χ3n) is 2.52. The van der Waals surface area contributed by atoms with Crippen LogP contribution in [-0.4, -0.2) is 26.5 Å². The molecule has 94 valence electrons. The van der Waals surface area contributed by atoms with Gasteiger partial charge in [0.2, 0.25) is 0 Å². The van der Waals surface area contributed by atoms with E-state index in [1.54, 1.807) is 13.8 Å². The molecule has 0 saturated heterocycles. The van der Waals surface area contributed by atoms with E-state index in [1.807, 2.05) is 0 Å². The molecule has 18 heavy (non-hydrogen) atoms. The summed E-state index contributed by atoms with van der Waals surface area (Å²) in [5.41, 5.74) is 0.819. The van der Waals surface area contributed by atoms with Crippen LogP contribution in [0.3, 0.4) is 0 Å². The molecule has 1 aromatic carbocycles. The molecule has 2 aromatic rings. The van der Waals surface area contributed by atoms with Gasteiger partial charge in [-0.3, -0.25) is 4.79 Å². The second-order valence-electron chi connectivity index (χ2n) is 3.93. The zero-order valence-corrected chi connectivity index (χ0v) is 9.94. The molecule has 6 nitrogen and oxygen atoms in total. The van der Waals surface area contributed by atoms with Crippen LogP contribution in [0.1, 0.15) is 34.7 Å². The van der Waals surface area contributed by atoms with Crippen LogP contribution in [0.5, 0.6) is 0 Å². The first-order valence-electron chi connectivity index (χ1n) is 5.38. The molecule has 1 heterocycles. The molecule has 0 aliphatic carbocycles. The molecule has 1 atom stereocenters. The molecule has 0 bridgehead atoms. The number of aromatic nitrogens is 4. The molecule has 0 spiro atoms. The van der Waals surface area contributed by atoms with Crippen LogP contribution in [0.25, 0.3) is 0 Å². The van der Waals surface area contributed by atoms with Gasteiger partial charge in [-0.2, -0.15) is 5.21 Å². The van der Waals surface area contributed by atoms with Crippen LogP contribution in [0.2, 0.25) is 0 Å². The van der Waals surface area contributed by atoms with Crippen LogP contribution in [-0.2, 0) is 0 Å². The molecule has 1 aromatic heterocycles. The van der Waals surface area contributed by atoms with Crippen molar-refractivity contribution in [3.05, 3.63) is 41.0 Å². The first-order valence-corrected chi connectivity index (χ1v) is 5.38. The average Bonchev–Trinajstić information content (AvgIpc) is 2.86. The molecule has 1 unspecified atom stereocenters. The van der Waals surface area contributed by atoms with Gasteiger partial charge in [0.05, 0.1) is 6.04 Å². The van der Waals surface area contributed by atoms with E-state index in [4.69, 9.17) is 0 Å². The van der Waals surface area contributed by atoms with Crippen molar-refractivity contribution in [2.75, 3.05) is 0 Å². The number of halogens is 1. The van der Waals surface area contributed by atoms with E-state index in [9.17, 15) is 9.18 Å². The van der Waals surface area contributed by atoms with Crippen LogP contribution >= 0.6 is 0 Å². The Morgan fingerprint density at radius 3 is 2.89 bits per heavy atom. The summed E-state index contributed by atoms with van der Waals surface area (Å²) >= 11 is 0. The summed E-state index contributed by atoms with van der Waals surface area (Å²) in [5.74, 6) is -0.254. The van der Waals surface area contributed by atoms with Crippen molar-refractivity contribution in [2.45, 2.75) is 19.9 Å². The van der Waals surface area contributed by atoms with Crippen molar-refractivity contribution in [2.24, 2.45) is 0 Å². The van der Waals surface area contributed by atoms with Crippen molar-refractivity contribution in [3.8, 4) is 0 Å². The highest BCUT2D eigenvalue weighted by molar-refractivity contribution is 5.94. The number of aromatic amines is 1. The highest BCUT2D eigenvalue weighted by Gasteiger charge is 2.15. The predicted octanol–water partition coefficient (Wildman–Crippen LogP) is 1.14. The Hall–Kier alpha value is -2.31. The van der Waals surface area contributed by atoms with Gasteiger partial charge in [0.1, 0.15) is 5.82 Å². The normalized spacial score (nSPS) is 12.2. The van der Waals surface area contributed by atoms with E-state index < -0.39 is 0 Å². The number of carbonyl (C=O) groups is 1. The Bertz CT molecular complexity index is 555. The molecule has 0 fully saturated rings. The van der Waals surface area contributed by atoms with Crippen LogP contribution in [0.15, 0.2) is 18.2 Å². The SMILES string of the molecule is Cc1cc(C(=O)NC(C)c2nn[nH]n2)ccc1F. The van der Waals surface area contributed by atoms with Gasteiger partial charge >= 0.3 is 0 Å². The fourth-order valence-corrected chi connectivity index (χ4v) is 1.48. The van der Waals surface area contributed by atoms with E-state index in [-0.39, 0.29) is 17.8 Å². The maximum absolute atomic E-state index is 13.1. The first-order chi connectivity index (χ1) is 8.58. The number of amides is 1. The fourth-order valence-electron chi connectivity index (χ4n) is 1.48. The molecule has 1 amide bonds. The number of carbonyl (C=O) groups excluding carboxylic acids is 1. The number of tetrazole rings is 1. The van der Waals surface area contributed by atoms with Gasteiger partial charge < -0.3 is 5.32 Å². The first kappa shape index (κ1) is 12.2. The second-order valence-corrected chi connectivity index (χ2v) is 3.93. The minimum Gasteiger partial charge on any atom is -0.342 e.